The summed E-state index contributed by atoms with van der Waals surface area (Å²) in [5.74, 6) is 0.870. The summed E-state index contributed by atoms with van der Waals surface area (Å²) in [4.78, 5) is 0. The normalized spacial score (nSPS) is 10.2. The van der Waals surface area contributed by atoms with E-state index >= 15 is 0 Å². The molecule has 0 bridgehead atoms. The Kier molecular flexibility index (Phi) is 4.46. The van der Waals surface area contributed by atoms with Gasteiger partial charge < -0.3 is 4.74 Å². The van der Waals surface area contributed by atoms with Crippen LogP contribution < -0.4 is 4.74 Å². The molecule has 0 N–H and O–H groups in total. The van der Waals surface area contributed by atoms with Gasteiger partial charge in [-0.15, -0.1) is 0 Å². The van der Waals surface area contributed by atoms with Crippen molar-refractivity contribution >= 4 is 27.5 Å². The highest BCUT2D eigenvalue weighted by atomic mass is 79.9. The second-order valence-corrected chi connectivity index (χ2v) is 4.69. The number of rotatable bonds is 4. The van der Waals surface area contributed by atoms with Gasteiger partial charge in [0.15, 0.2) is 0 Å². The van der Waals surface area contributed by atoms with Gasteiger partial charge in [-0.3, -0.25) is 0 Å². The van der Waals surface area contributed by atoms with E-state index in [1.54, 1.807) is 0 Å². The zero-order valence-electron chi connectivity index (χ0n) is 9.20. The Labute approximate surface area is 115 Å². The second-order valence-electron chi connectivity index (χ2n) is 3.70. The molecule has 0 atom stereocenters. The van der Waals surface area contributed by atoms with Crippen LogP contribution in [0.15, 0.2) is 48.5 Å². The standard InChI is InChI=1S/C14H12BrClO/c15-9-11-4-6-14(7-5-11)17-10-12-2-1-3-13(16)8-12/h1-8H,9-10H2. The highest BCUT2D eigenvalue weighted by Crippen LogP contribution is 2.17. The molecule has 2 rings (SSSR count). The Hall–Kier alpha value is -0.990. The third-order valence-electron chi connectivity index (χ3n) is 2.37. The quantitative estimate of drug-likeness (QED) is 0.736. The minimum absolute atomic E-state index is 0.536. The van der Waals surface area contributed by atoms with Gasteiger partial charge in [0.1, 0.15) is 12.4 Å². The molecule has 0 spiro atoms. The van der Waals surface area contributed by atoms with Crippen molar-refractivity contribution in [3.63, 3.8) is 0 Å². The van der Waals surface area contributed by atoms with Crippen molar-refractivity contribution in [1.29, 1.82) is 0 Å². The summed E-state index contributed by atoms with van der Waals surface area (Å²) in [5, 5.41) is 1.60. The summed E-state index contributed by atoms with van der Waals surface area (Å²) in [6, 6.07) is 15.7. The molecule has 0 aliphatic rings. The number of halogens is 2. The number of hydrogen-bond acceptors (Lipinski definition) is 1. The van der Waals surface area contributed by atoms with Crippen molar-refractivity contribution in [1.82, 2.24) is 0 Å². The van der Waals surface area contributed by atoms with E-state index in [4.69, 9.17) is 16.3 Å². The molecule has 0 saturated heterocycles. The molecule has 0 aromatic heterocycles. The van der Waals surface area contributed by atoms with E-state index in [-0.39, 0.29) is 0 Å². The molecule has 0 fully saturated rings. The van der Waals surface area contributed by atoms with Crippen LogP contribution in [0.5, 0.6) is 5.75 Å². The predicted octanol–water partition coefficient (Wildman–Crippen LogP) is 4.81. The van der Waals surface area contributed by atoms with E-state index in [1.165, 1.54) is 5.56 Å². The molecule has 0 amide bonds. The van der Waals surface area contributed by atoms with Crippen LogP contribution in [0, 0.1) is 0 Å². The number of alkyl halides is 1. The first kappa shape index (κ1) is 12.5. The summed E-state index contributed by atoms with van der Waals surface area (Å²) in [5.41, 5.74) is 2.31. The average molecular weight is 312 g/mol. The van der Waals surface area contributed by atoms with E-state index in [1.807, 2.05) is 48.5 Å². The SMILES string of the molecule is Clc1cccc(COc2ccc(CBr)cc2)c1. The Morgan fingerprint density at radius 2 is 1.76 bits per heavy atom. The maximum Gasteiger partial charge on any atom is 0.119 e. The van der Waals surface area contributed by atoms with Gasteiger partial charge in [-0.2, -0.15) is 0 Å². The molecular weight excluding hydrogens is 300 g/mol. The van der Waals surface area contributed by atoms with Gasteiger partial charge >= 0.3 is 0 Å². The second kappa shape index (κ2) is 6.08. The zero-order chi connectivity index (χ0) is 12.1. The summed E-state index contributed by atoms with van der Waals surface area (Å²) >= 11 is 9.32. The predicted molar refractivity (Wildman–Crippen MR) is 74.9 cm³/mol. The van der Waals surface area contributed by atoms with E-state index in [0.29, 0.717) is 6.61 Å². The lowest BCUT2D eigenvalue weighted by Gasteiger charge is -2.07. The number of ether oxygens (including phenoxy) is 1. The van der Waals surface area contributed by atoms with E-state index in [2.05, 4.69) is 15.9 Å². The Morgan fingerprint density at radius 3 is 2.41 bits per heavy atom. The minimum atomic E-state index is 0.536. The van der Waals surface area contributed by atoms with Gasteiger partial charge in [-0.25, -0.2) is 0 Å². The molecule has 3 heteroatoms. The van der Waals surface area contributed by atoms with Crippen LogP contribution in [0.2, 0.25) is 5.02 Å². The van der Waals surface area contributed by atoms with Crippen LogP contribution in [0.4, 0.5) is 0 Å². The summed E-state index contributed by atoms with van der Waals surface area (Å²) in [6.45, 7) is 0.536. The molecule has 0 unspecified atom stereocenters. The van der Waals surface area contributed by atoms with Crippen molar-refractivity contribution in [3.8, 4) is 5.75 Å². The molecule has 0 aliphatic carbocycles. The smallest absolute Gasteiger partial charge is 0.119 e. The Bertz CT molecular complexity index is 482. The highest BCUT2D eigenvalue weighted by Gasteiger charge is 1.97. The first-order chi connectivity index (χ1) is 8.28. The van der Waals surface area contributed by atoms with Gasteiger partial charge in [0.05, 0.1) is 0 Å². The monoisotopic (exact) mass is 310 g/mol. The highest BCUT2D eigenvalue weighted by molar-refractivity contribution is 9.08. The summed E-state index contributed by atoms with van der Waals surface area (Å²) in [7, 11) is 0. The van der Waals surface area contributed by atoms with E-state index in [9.17, 15) is 0 Å². The Morgan fingerprint density at radius 1 is 1.00 bits per heavy atom. The molecule has 0 saturated carbocycles. The van der Waals surface area contributed by atoms with Gasteiger partial charge in [0.25, 0.3) is 0 Å². The van der Waals surface area contributed by atoms with Crippen LogP contribution >= 0.6 is 27.5 Å². The lowest BCUT2D eigenvalue weighted by atomic mass is 10.2. The van der Waals surface area contributed by atoms with Gasteiger partial charge in [0.2, 0.25) is 0 Å². The first-order valence-corrected chi connectivity index (χ1v) is 6.80. The lowest BCUT2D eigenvalue weighted by molar-refractivity contribution is 0.306. The van der Waals surface area contributed by atoms with Crippen LogP contribution in [0.25, 0.3) is 0 Å². The summed E-state index contributed by atoms with van der Waals surface area (Å²) < 4.78 is 5.67. The van der Waals surface area contributed by atoms with Crippen LogP contribution in [-0.2, 0) is 11.9 Å². The molecule has 0 heterocycles. The van der Waals surface area contributed by atoms with Crippen molar-refractivity contribution in [3.05, 3.63) is 64.7 Å². The summed E-state index contributed by atoms with van der Waals surface area (Å²) in [6.07, 6.45) is 0. The van der Waals surface area contributed by atoms with Crippen LogP contribution in [-0.4, -0.2) is 0 Å². The van der Waals surface area contributed by atoms with Crippen LogP contribution in [0.1, 0.15) is 11.1 Å². The fourth-order valence-electron chi connectivity index (χ4n) is 1.47. The zero-order valence-corrected chi connectivity index (χ0v) is 11.5. The largest absolute Gasteiger partial charge is 0.489 e. The molecule has 2 aromatic rings. The number of hydrogen-bond donors (Lipinski definition) is 0. The third-order valence-corrected chi connectivity index (χ3v) is 3.25. The average Bonchev–Trinajstić information content (AvgIpc) is 2.37. The molecule has 2 aromatic carbocycles. The molecule has 0 radical (unpaired) electrons. The molecular formula is C14H12BrClO. The fourth-order valence-corrected chi connectivity index (χ4v) is 2.05. The van der Waals surface area contributed by atoms with Crippen molar-refractivity contribution in [2.24, 2.45) is 0 Å². The van der Waals surface area contributed by atoms with E-state index < -0.39 is 0 Å². The van der Waals surface area contributed by atoms with Gasteiger partial charge in [-0.1, -0.05) is 51.8 Å². The molecule has 17 heavy (non-hydrogen) atoms. The lowest BCUT2D eigenvalue weighted by Crippen LogP contribution is -1.95. The van der Waals surface area contributed by atoms with E-state index in [0.717, 1.165) is 21.7 Å². The topological polar surface area (TPSA) is 9.23 Å². The van der Waals surface area contributed by atoms with Gasteiger partial charge in [0, 0.05) is 10.4 Å². The third kappa shape index (κ3) is 3.76. The maximum atomic E-state index is 5.91. The van der Waals surface area contributed by atoms with Crippen molar-refractivity contribution in [2.75, 3.05) is 0 Å². The first-order valence-electron chi connectivity index (χ1n) is 5.30. The van der Waals surface area contributed by atoms with Gasteiger partial charge in [-0.05, 0) is 35.4 Å². The maximum absolute atomic E-state index is 5.91. The van der Waals surface area contributed by atoms with Crippen molar-refractivity contribution in [2.45, 2.75) is 11.9 Å². The number of benzene rings is 2. The van der Waals surface area contributed by atoms with Crippen molar-refractivity contribution < 1.29 is 4.74 Å². The minimum Gasteiger partial charge on any atom is -0.489 e. The molecule has 88 valence electrons. The fraction of sp³-hybridized carbons (Fsp3) is 0.143. The van der Waals surface area contributed by atoms with Crippen LogP contribution in [0.3, 0.4) is 0 Å². The Balaban J connectivity index is 1.97. The molecule has 0 aliphatic heterocycles. The molecule has 1 nitrogen and oxygen atoms in total.